The maximum Gasteiger partial charge on any atom is 0.416 e. The van der Waals surface area contributed by atoms with Crippen LogP contribution < -0.4 is 0 Å². The minimum atomic E-state index is -5.14. The normalized spacial score (nSPS) is 12.3. The fourth-order valence-corrected chi connectivity index (χ4v) is 2.74. The maximum atomic E-state index is 15.0. The Labute approximate surface area is 159 Å². The van der Waals surface area contributed by atoms with E-state index in [1.54, 1.807) is 13.0 Å². The first-order chi connectivity index (χ1) is 13.4. The van der Waals surface area contributed by atoms with Crippen LogP contribution in [0.4, 0.5) is 35.1 Å². The molecule has 0 atom stereocenters. The molecule has 0 aliphatic heterocycles. The lowest BCUT2D eigenvalue weighted by Crippen LogP contribution is -2.11. The molecule has 2 aromatic carbocycles. The van der Waals surface area contributed by atoms with Crippen LogP contribution in [0.5, 0.6) is 0 Å². The Balaban J connectivity index is 2.28. The van der Waals surface area contributed by atoms with Gasteiger partial charge in [0.05, 0.1) is 22.4 Å². The molecule has 1 nitrogen and oxygen atoms in total. The van der Waals surface area contributed by atoms with Gasteiger partial charge in [0.1, 0.15) is 11.6 Å². The first-order valence-corrected chi connectivity index (χ1v) is 8.09. The third-order valence-electron chi connectivity index (χ3n) is 4.15. The van der Waals surface area contributed by atoms with Gasteiger partial charge >= 0.3 is 12.4 Å². The number of rotatable bonds is 2. The highest BCUT2D eigenvalue weighted by Crippen LogP contribution is 2.40. The number of hydrogen-bond donors (Lipinski definition) is 0. The number of benzene rings is 2. The van der Waals surface area contributed by atoms with E-state index in [9.17, 15) is 30.7 Å². The van der Waals surface area contributed by atoms with Gasteiger partial charge < -0.3 is 0 Å². The molecule has 0 unspecified atom stereocenters. The molecule has 1 heterocycles. The van der Waals surface area contributed by atoms with Gasteiger partial charge in [-0.1, -0.05) is 6.07 Å². The average Bonchev–Trinajstić information content (AvgIpc) is 2.61. The van der Waals surface area contributed by atoms with E-state index in [0.717, 1.165) is 17.7 Å². The van der Waals surface area contributed by atoms with Gasteiger partial charge in [0.25, 0.3) is 0 Å². The van der Waals surface area contributed by atoms with Crippen molar-refractivity contribution in [2.24, 2.45) is 0 Å². The lowest BCUT2D eigenvalue weighted by atomic mass is 9.95. The van der Waals surface area contributed by atoms with E-state index in [0.29, 0.717) is 0 Å². The lowest BCUT2D eigenvalue weighted by Gasteiger charge is -2.16. The zero-order chi connectivity index (χ0) is 21.6. The predicted octanol–water partition coefficient (Wildman–Crippen LogP) is 7.04. The molecule has 3 aromatic rings. The molecule has 0 spiro atoms. The highest BCUT2D eigenvalue weighted by atomic mass is 19.4. The molecule has 152 valence electrons. The summed E-state index contributed by atoms with van der Waals surface area (Å²) in [6.07, 6.45) is -8.89. The third kappa shape index (κ3) is 4.23. The largest absolute Gasteiger partial charge is 0.416 e. The molecule has 1 aromatic heterocycles. The Hall–Kier alpha value is -2.97. The van der Waals surface area contributed by atoms with E-state index in [1.165, 1.54) is 12.3 Å². The number of pyridine rings is 1. The van der Waals surface area contributed by atoms with E-state index in [-0.39, 0.29) is 29.5 Å². The molecule has 0 aliphatic carbocycles. The number of aryl methyl sites for hydroxylation is 1. The molecule has 0 bridgehead atoms. The second kappa shape index (κ2) is 7.13. The van der Waals surface area contributed by atoms with E-state index in [1.807, 2.05) is 0 Å². The van der Waals surface area contributed by atoms with E-state index >= 15 is 4.39 Å². The fraction of sp³-hybridized carbons (Fsp3) is 0.150. The van der Waals surface area contributed by atoms with Crippen LogP contribution in [-0.4, -0.2) is 4.98 Å². The molecule has 3 rings (SSSR count). The van der Waals surface area contributed by atoms with Crippen molar-refractivity contribution in [3.63, 3.8) is 0 Å². The van der Waals surface area contributed by atoms with Crippen molar-refractivity contribution in [3.8, 4) is 22.4 Å². The third-order valence-corrected chi connectivity index (χ3v) is 4.15. The quantitative estimate of drug-likeness (QED) is 0.408. The summed E-state index contributed by atoms with van der Waals surface area (Å²) in [6.45, 7) is 1.71. The summed E-state index contributed by atoms with van der Waals surface area (Å²) in [7, 11) is 0. The van der Waals surface area contributed by atoms with Crippen LogP contribution in [0.2, 0.25) is 0 Å². The standard InChI is InChI=1S/C20H11F8N/c1-10-2-5-16(29-9-10)14-3-4-15(21)17(18(14)22)11-6-12(19(23,24)25)8-13(7-11)20(26,27)28/h2-9H,1H3. The smallest absolute Gasteiger partial charge is 0.256 e. The molecule has 0 fully saturated rings. The molecular formula is C20H11F8N. The average molecular weight is 417 g/mol. The Kier molecular flexibility index (Phi) is 5.10. The fourth-order valence-electron chi connectivity index (χ4n) is 2.74. The zero-order valence-electron chi connectivity index (χ0n) is 14.6. The predicted molar refractivity (Wildman–Crippen MR) is 89.8 cm³/mol. The topological polar surface area (TPSA) is 12.9 Å². The Bertz CT molecular complexity index is 1020. The molecule has 9 heteroatoms. The number of hydrogen-bond acceptors (Lipinski definition) is 1. The van der Waals surface area contributed by atoms with Crippen molar-refractivity contribution in [1.29, 1.82) is 0 Å². The SMILES string of the molecule is Cc1ccc(-c2ccc(F)c(-c3cc(C(F)(F)F)cc(C(F)(F)F)c3)c2F)nc1. The van der Waals surface area contributed by atoms with Gasteiger partial charge in [-0.25, -0.2) is 8.78 Å². The van der Waals surface area contributed by atoms with Gasteiger partial charge in [0, 0.05) is 11.8 Å². The Morgan fingerprint density at radius 3 is 1.83 bits per heavy atom. The summed E-state index contributed by atoms with van der Waals surface area (Å²) >= 11 is 0. The van der Waals surface area contributed by atoms with Crippen LogP contribution in [0, 0.1) is 18.6 Å². The van der Waals surface area contributed by atoms with Crippen LogP contribution in [0.15, 0.2) is 48.7 Å². The number of halogens is 8. The molecule has 0 amide bonds. The van der Waals surface area contributed by atoms with Crippen molar-refractivity contribution >= 4 is 0 Å². The number of aromatic nitrogens is 1. The monoisotopic (exact) mass is 417 g/mol. The molecule has 0 saturated heterocycles. The van der Waals surface area contributed by atoms with Crippen molar-refractivity contribution in [1.82, 2.24) is 4.98 Å². The number of nitrogens with zero attached hydrogens (tertiary/aromatic N) is 1. The highest BCUT2D eigenvalue weighted by molar-refractivity contribution is 5.74. The summed E-state index contributed by atoms with van der Waals surface area (Å²) in [5, 5.41) is 0. The molecule has 0 N–H and O–H groups in total. The minimum Gasteiger partial charge on any atom is -0.256 e. The first-order valence-electron chi connectivity index (χ1n) is 8.09. The van der Waals surface area contributed by atoms with Crippen molar-refractivity contribution < 1.29 is 35.1 Å². The van der Waals surface area contributed by atoms with Crippen LogP contribution in [-0.2, 0) is 12.4 Å². The zero-order valence-corrected chi connectivity index (χ0v) is 14.6. The highest BCUT2D eigenvalue weighted by Gasteiger charge is 2.37. The van der Waals surface area contributed by atoms with Crippen molar-refractivity contribution in [3.05, 3.63) is 77.0 Å². The molecule has 0 saturated carbocycles. The lowest BCUT2D eigenvalue weighted by molar-refractivity contribution is -0.143. The summed E-state index contributed by atoms with van der Waals surface area (Å²) in [5.41, 5.74) is -4.67. The first kappa shape index (κ1) is 20.8. The Morgan fingerprint density at radius 1 is 0.759 bits per heavy atom. The molecule has 0 aliphatic rings. The van der Waals surface area contributed by atoms with Crippen molar-refractivity contribution in [2.75, 3.05) is 0 Å². The maximum absolute atomic E-state index is 15.0. The number of alkyl halides is 6. The van der Waals surface area contributed by atoms with Crippen LogP contribution in [0.25, 0.3) is 22.4 Å². The van der Waals surface area contributed by atoms with Gasteiger partial charge in [-0.15, -0.1) is 0 Å². The van der Waals surface area contributed by atoms with Gasteiger partial charge in [-0.3, -0.25) is 4.98 Å². The second-order valence-electron chi connectivity index (χ2n) is 6.30. The second-order valence-corrected chi connectivity index (χ2v) is 6.30. The van der Waals surface area contributed by atoms with Crippen LogP contribution >= 0.6 is 0 Å². The summed E-state index contributed by atoms with van der Waals surface area (Å²) in [4.78, 5) is 3.96. The molecule has 0 radical (unpaired) electrons. The molecule has 29 heavy (non-hydrogen) atoms. The molecular weight excluding hydrogens is 406 g/mol. The van der Waals surface area contributed by atoms with Gasteiger partial charge in [0.2, 0.25) is 0 Å². The van der Waals surface area contributed by atoms with Gasteiger partial charge in [-0.2, -0.15) is 26.3 Å². The van der Waals surface area contributed by atoms with Gasteiger partial charge in [-0.05, 0) is 54.4 Å². The van der Waals surface area contributed by atoms with Gasteiger partial charge in [0.15, 0.2) is 0 Å². The minimum absolute atomic E-state index is 0.0531. The van der Waals surface area contributed by atoms with Crippen molar-refractivity contribution in [2.45, 2.75) is 19.3 Å². The summed E-state index contributed by atoms with van der Waals surface area (Å²) in [6, 6.07) is 5.23. The van der Waals surface area contributed by atoms with E-state index in [4.69, 9.17) is 0 Å². The summed E-state index contributed by atoms with van der Waals surface area (Å²) < 4.78 is 108. The van der Waals surface area contributed by atoms with Crippen LogP contribution in [0.3, 0.4) is 0 Å². The Morgan fingerprint density at radius 2 is 1.34 bits per heavy atom. The van der Waals surface area contributed by atoms with Crippen LogP contribution in [0.1, 0.15) is 16.7 Å². The summed E-state index contributed by atoms with van der Waals surface area (Å²) in [5.74, 6) is -2.61. The van der Waals surface area contributed by atoms with E-state index in [2.05, 4.69) is 4.98 Å². The van der Waals surface area contributed by atoms with E-state index < -0.39 is 46.2 Å².